The molecule has 1 rings (SSSR count). The summed E-state index contributed by atoms with van der Waals surface area (Å²) in [6.45, 7) is 4.49. The van der Waals surface area contributed by atoms with Gasteiger partial charge in [0.05, 0.1) is 11.6 Å². The second-order valence-corrected chi connectivity index (χ2v) is 4.58. The summed E-state index contributed by atoms with van der Waals surface area (Å²) in [5.41, 5.74) is 0.492. The minimum Gasteiger partial charge on any atom is -0.394 e. The van der Waals surface area contributed by atoms with E-state index in [1.807, 2.05) is 13.8 Å². The van der Waals surface area contributed by atoms with Crippen molar-refractivity contribution in [1.29, 1.82) is 0 Å². The van der Waals surface area contributed by atoms with E-state index in [0.29, 0.717) is 6.54 Å². The molecule has 0 fully saturated rings. The van der Waals surface area contributed by atoms with Gasteiger partial charge in [-0.15, -0.1) is 0 Å². The number of aliphatic hydroxyl groups is 1. The van der Waals surface area contributed by atoms with Gasteiger partial charge in [0.2, 0.25) is 0 Å². The highest BCUT2D eigenvalue weighted by Gasteiger charge is 2.19. The van der Waals surface area contributed by atoms with Gasteiger partial charge in [-0.05, 0) is 31.0 Å². The fraction of sp³-hybridized carbons (Fsp3) is 0.500. The summed E-state index contributed by atoms with van der Waals surface area (Å²) in [7, 11) is 0. The lowest BCUT2D eigenvalue weighted by atomic mass is 10.00. The van der Waals surface area contributed by atoms with Gasteiger partial charge < -0.3 is 10.4 Å². The Morgan fingerprint density at radius 2 is 2.19 bits per heavy atom. The first-order valence-corrected chi connectivity index (χ1v) is 5.68. The summed E-state index contributed by atoms with van der Waals surface area (Å²) in [6.07, 6.45) is 0.805. The fourth-order valence-electron chi connectivity index (χ4n) is 1.26. The number of benzene rings is 1. The van der Waals surface area contributed by atoms with E-state index in [2.05, 4.69) is 5.32 Å². The van der Waals surface area contributed by atoms with E-state index in [9.17, 15) is 9.50 Å². The summed E-state index contributed by atoms with van der Waals surface area (Å²) >= 11 is 5.59. The molecule has 0 radical (unpaired) electrons. The number of nitrogens with one attached hydrogen (secondary N) is 1. The van der Waals surface area contributed by atoms with Crippen molar-refractivity contribution in [3.63, 3.8) is 0 Å². The Kier molecular flexibility index (Phi) is 4.71. The standard InChI is InChI=1S/C12H17ClFNO/c1-3-12(2,8-16)15-7-9-4-5-10(13)11(14)6-9/h4-6,15-16H,3,7-8H2,1-2H3. The zero-order chi connectivity index (χ0) is 12.2. The second kappa shape index (κ2) is 5.62. The van der Waals surface area contributed by atoms with Crippen molar-refractivity contribution >= 4 is 11.6 Å². The lowest BCUT2D eigenvalue weighted by molar-refractivity contribution is 0.169. The van der Waals surface area contributed by atoms with Gasteiger partial charge in [0.25, 0.3) is 0 Å². The molecule has 0 aliphatic heterocycles. The van der Waals surface area contributed by atoms with Crippen molar-refractivity contribution in [3.8, 4) is 0 Å². The highest BCUT2D eigenvalue weighted by Crippen LogP contribution is 2.16. The first kappa shape index (κ1) is 13.4. The van der Waals surface area contributed by atoms with Crippen LogP contribution >= 0.6 is 11.6 Å². The SMILES string of the molecule is CCC(C)(CO)NCc1ccc(Cl)c(F)c1. The zero-order valence-electron chi connectivity index (χ0n) is 9.56. The van der Waals surface area contributed by atoms with E-state index in [1.54, 1.807) is 6.07 Å². The lowest BCUT2D eigenvalue weighted by Crippen LogP contribution is -2.44. The van der Waals surface area contributed by atoms with Gasteiger partial charge in [0.15, 0.2) is 0 Å². The Morgan fingerprint density at radius 3 is 2.69 bits per heavy atom. The van der Waals surface area contributed by atoms with Crippen LogP contribution < -0.4 is 5.32 Å². The van der Waals surface area contributed by atoms with Crippen molar-refractivity contribution in [3.05, 3.63) is 34.6 Å². The van der Waals surface area contributed by atoms with Crippen molar-refractivity contribution in [2.24, 2.45) is 0 Å². The maximum absolute atomic E-state index is 13.2. The van der Waals surface area contributed by atoms with Crippen LogP contribution in [0.15, 0.2) is 18.2 Å². The van der Waals surface area contributed by atoms with Crippen molar-refractivity contribution < 1.29 is 9.50 Å². The topological polar surface area (TPSA) is 32.3 Å². The Morgan fingerprint density at radius 1 is 1.50 bits per heavy atom. The average Bonchev–Trinajstić information content (AvgIpc) is 2.30. The van der Waals surface area contributed by atoms with E-state index in [0.717, 1.165) is 12.0 Å². The van der Waals surface area contributed by atoms with Gasteiger partial charge in [-0.3, -0.25) is 0 Å². The van der Waals surface area contributed by atoms with Gasteiger partial charge in [-0.1, -0.05) is 24.6 Å². The highest BCUT2D eigenvalue weighted by atomic mass is 35.5. The lowest BCUT2D eigenvalue weighted by Gasteiger charge is -2.27. The first-order valence-electron chi connectivity index (χ1n) is 5.30. The average molecular weight is 246 g/mol. The van der Waals surface area contributed by atoms with Crippen LogP contribution in [0.25, 0.3) is 0 Å². The maximum Gasteiger partial charge on any atom is 0.142 e. The van der Waals surface area contributed by atoms with Gasteiger partial charge in [0, 0.05) is 12.1 Å². The predicted octanol–water partition coefficient (Wildman–Crippen LogP) is 2.73. The molecule has 16 heavy (non-hydrogen) atoms. The Balaban J connectivity index is 2.64. The van der Waals surface area contributed by atoms with Gasteiger partial charge in [-0.25, -0.2) is 4.39 Å². The van der Waals surface area contributed by atoms with Crippen LogP contribution in [0.2, 0.25) is 5.02 Å². The van der Waals surface area contributed by atoms with Crippen LogP contribution in [0.4, 0.5) is 4.39 Å². The molecular formula is C12H17ClFNO. The van der Waals surface area contributed by atoms with Crippen LogP contribution in [0.1, 0.15) is 25.8 Å². The van der Waals surface area contributed by atoms with Crippen LogP contribution in [0, 0.1) is 5.82 Å². The number of halogens is 2. The van der Waals surface area contributed by atoms with Crippen LogP contribution in [-0.2, 0) is 6.54 Å². The van der Waals surface area contributed by atoms with E-state index >= 15 is 0 Å². The molecule has 4 heteroatoms. The molecule has 0 heterocycles. The van der Waals surface area contributed by atoms with Gasteiger partial charge in [-0.2, -0.15) is 0 Å². The summed E-state index contributed by atoms with van der Waals surface area (Å²) in [5.74, 6) is -0.414. The first-order chi connectivity index (χ1) is 7.50. The van der Waals surface area contributed by atoms with E-state index in [4.69, 9.17) is 11.6 Å². The number of hydrogen-bond donors (Lipinski definition) is 2. The molecule has 0 aliphatic carbocycles. The van der Waals surface area contributed by atoms with Crippen molar-refractivity contribution in [2.75, 3.05) is 6.61 Å². The summed E-state index contributed by atoms with van der Waals surface area (Å²) in [6, 6.07) is 4.71. The Hall–Kier alpha value is -0.640. The molecule has 0 aromatic heterocycles. The highest BCUT2D eigenvalue weighted by molar-refractivity contribution is 6.30. The van der Waals surface area contributed by atoms with Gasteiger partial charge in [0.1, 0.15) is 5.82 Å². The van der Waals surface area contributed by atoms with Crippen molar-refractivity contribution in [2.45, 2.75) is 32.4 Å². The Bertz CT molecular complexity index is 353. The molecule has 0 amide bonds. The third-order valence-corrected chi connectivity index (χ3v) is 3.14. The summed E-state index contributed by atoms with van der Waals surface area (Å²) in [5, 5.41) is 12.5. The van der Waals surface area contributed by atoms with E-state index in [1.165, 1.54) is 12.1 Å². The predicted molar refractivity (Wildman–Crippen MR) is 64.0 cm³/mol. The molecule has 1 atom stereocenters. The van der Waals surface area contributed by atoms with Crippen molar-refractivity contribution in [1.82, 2.24) is 5.32 Å². The summed E-state index contributed by atoms with van der Waals surface area (Å²) < 4.78 is 13.2. The third-order valence-electron chi connectivity index (χ3n) is 2.83. The molecule has 2 N–H and O–H groups in total. The largest absolute Gasteiger partial charge is 0.394 e. The van der Waals surface area contributed by atoms with Crippen LogP contribution in [-0.4, -0.2) is 17.3 Å². The Labute approximate surface area is 100 Å². The molecule has 2 nitrogen and oxygen atoms in total. The molecule has 90 valence electrons. The van der Waals surface area contributed by atoms with Crippen LogP contribution in [0.3, 0.4) is 0 Å². The smallest absolute Gasteiger partial charge is 0.142 e. The summed E-state index contributed by atoms with van der Waals surface area (Å²) in [4.78, 5) is 0. The maximum atomic E-state index is 13.2. The molecule has 0 bridgehead atoms. The molecule has 0 spiro atoms. The normalized spacial score (nSPS) is 14.8. The number of rotatable bonds is 5. The second-order valence-electron chi connectivity index (χ2n) is 4.17. The van der Waals surface area contributed by atoms with E-state index in [-0.39, 0.29) is 17.2 Å². The quantitative estimate of drug-likeness (QED) is 0.836. The molecular weight excluding hydrogens is 229 g/mol. The molecule has 0 saturated carbocycles. The van der Waals surface area contributed by atoms with Crippen LogP contribution in [0.5, 0.6) is 0 Å². The monoisotopic (exact) mass is 245 g/mol. The minimum atomic E-state index is -0.414. The molecule has 1 aromatic rings. The number of aliphatic hydroxyl groups excluding tert-OH is 1. The van der Waals surface area contributed by atoms with E-state index < -0.39 is 5.82 Å². The molecule has 1 unspecified atom stereocenters. The fourth-order valence-corrected chi connectivity index (χ4v) is 1.38. The van der Waals surface area contributed by atoms with Gasteiger partial charge >= 0.3 is 0 Å². The third kappa shape index (κ3) is 3.44. The zero-order valence-corrected chi connectivity index (χ0v) is 10.3. The molecule has 0 saturated heterocycles. The minimum absolute atomic E-state index is 0.0551. The molecule has 0 aliphatic rings. The molecule has 1 aromatic carbocycles. The number of hydrogen-bond acceptors (Lipinski definition) is 2.